The summed E-state index contributed by atoms with van der Waals surface area (Å²) >= 11 is 15.4. The summed E-state index contributed by atoms with van der Waals surface area (Å²) in [7, 11) is -3.75. The van der Waals surface area contributed by atoms with Gasteiger partial charge in [0.1, 0.15) is 17.6 Å². The molecule has 2 fully saturated rings. The fraction of sp³-hybridized carbons (Fsp3) is 0.458. The number of fused-ring (bicyclic) bond motifs is 2. The number of pyridine rings is 2. The summed E-state index contributed by atoms with van der Waals surface area (Å²) in [6.07, 6.45) is 14.8. The van der Waals surface area contributed by atoms with Crippen molar-refractivity contribution in [2.24, 2.45) is 11.8 Å². The monoisotopic (exact) mass is 1330 g/mol. The van der Waals surface area contributed by atoms with Gasteiger partial charge in [-0.2, -0.15) is 0 Å². The Morgan fingerprint density at radius 1 is 0.518 bits per heavy atom. The van der Waals surface area contributed by atoms with Crippen molar-refractivity contribution >= 4 is 90.6 Å². The number of carbonyl (C=O) groups is 1. The number of benzene rings is 4. The van der Waals surface area contributed by atoms with Crippen LogP contribution in [0.1, 0.15) is 156 Å². The second kappa shape index (κ2) is 30.2. The van der Waals surface area contributed by atoms with Crippen LogP contribution in [0.2, 0.25) is 43.3 Å². The average molecular weight is 1330 g/mol. The molecule has 10 rings (SSSR count). The maximum atomic E-state index is 12.0. The van der Waals surface area contributed by atoms with Gasteiger partial charge in [0, 0.05) is 76.5 Å². The molecule has 5 atom stereocenters. The quantitative estimate of drug-likeness (QED) is 0.0439. The second-order valence-corrected chi connectivity index (χ2v) is 39.6. The molecule has 454 valence electrons. The average Bonchev–Trinajstić information content (AvgIpc) is 3.24. The van der Waals surface area contributed by atoms with Gasteiger partial charge in [0.25, 0.3) is 0 Å². The van der Waals surface area contributed by atoms with Crippen LogP contribution in [0.3, 0.4) is 0 Å². The Kier molecular flexibility index (Phi) is 23.6. The van der Waals surface area contributed by atoms with Crippen molar-refractivity contribution in [2.45, 2.75) is 199 Å². The maximum Gasteiger partial charge on any atom is 0.171 e. The zero-order chi connectivity index (χ0) is 61.2. The molecular formula is C72H95Cl2IN6O2Si2. The minimum Gasteiger partial charge on any atom is -0.388 e. The highest BCUT2D eigenvalue weighted by molar-refractivity contribution is 14.1. The van der Waals surface area contributed by atoms with Gasteiger partial charge in [0.05, 0.1) is 16.1 Å². The molecule has 8 aromatic rings. The van der Waals surface area contributed by atoms with Gasteiger partial charge in [0.15, 0.2) is 16.5 Å². The molecule has 85 heavy (non-hydrogen) atoms. The Hall–Kier alpha value is -4.45. The van der Waals surface area contributed by atoms with Gasteiger partial charge in [-0.05, 0) is 147 Å². The molecule has 4 aromatic heterocycles. The van der Waals surface area contributed by atoms with Crippen molar-refractivity contribution in [1.29, 1.82) is 0 Å². The van der Waals surface area contributed by atoms with E-state index in [9.17, 15) is 9.90 Å². The Labute approximate surface area is 535 Å². The largest absolute Gasteiger partial charge is 0.388 e. The number of aldehydes is 1. The van der Waals surface area contributed by atoms with Gasteiger partial charge in [-0.15, -0.1) is 0 Å². The Morgan fingerprint density at radius 3 is 1.25 bits per heavy atom. The maximum absolute atomic E-state index is 12.0. The van der Waals surface area contributed by atoms with E-state index in [-0.39, 0.29) is 11.8 Å². The van der Waals surface area contributed by atoms with Gasteiger partial charge >= 0.3 is 0 Å². The van der Waals surface area contributed by atoms with Crippen molar-refractivity contribution in [3.8, 4) is 0 Å². The number of aliphatic hydroxyl groups excluding tert-OH is 1. The molecule has 0 aliphatic heterocycles. The number of aliphatic hydroxyl groups is 1. The molecular weight excluding hydrogens is 1230 g/mol. The fourth-order valence-electron chi connectivity index (χ4n) is 15.9. The number of rotatable bonds is 21. The molecule has 0 radical (unpaired) electrons. The van der Waals surface area contributed by atoms with E-state index in [2.05, 4.69) is 275 Å². The van der Waals surface area contributed by atoms with Crippen LogP contribution < -0.4 is 0 Å². The first-order valence-corrected chi connectivity index (χ1v) is 37.7. The lowest BCUT2D eigenvalue weighted by atomic mass is 9.93. The molecule has 3 unspecified atom stereocenters. The predicted molar refractivity (Wildman–Crippen MR) is 373 cm³/mol. The van der Waals surface area contributed by atoms with Gasteiger partial charge in [-0.25, -0.2) is 9.97 Å². The first-order valence-electron chi connectivity index (χ1n) is 31.5. The number of nitrogens with zero attached hydrogens (tertiary/aromatic N) is 6. The van der Waals surface area contributed by atoms with E-state index in [1.807, 2.05) is 0 Å². The lowest BCUT2D eigenvalue weighted by molar-refractivity contribution is -0.111. The summed E-state index contributed by atoms with van der Waals surface area (Å²) in [5.74, 6) is 0.400. The zero-order valence-corrected chi connectivity index (χ0v) is 58.4. The fourth-order valence-corrected chi connectivity index (χ4v) is 30.0. The minimum atomic E-state index is -2.00. The number of aromatic nitrogens is 4. The topological polar surface area (TPSA) is 79.4 Å². The highest BCUT2D eigenvalue weighted by Gasteiger charge is 2.48. The van der Waals surface area contributed by atoms with Gasteiger partial charge in [-0.3, -0.25) is 9.80 Å². The summed E-state index contributed by atoms with van der Waals surface area (Å²) in [4.78, 5) is 25.8. The molecule has 2 aliphatic carbocycles. The van der Waals surface area contributed by atoms with Crippen LogP contribution in [-0.2, 0) is 31.0 Å². The van der Waals surface area contributed by atoms with Crippen LogP contribution in [0.5, 0.6) is 0 Å². The van der Waals surface area contributed by atoms with Crippen LogP contribution in [-0.4, -0.2) is 68.2 Å². The van der Waals surface area contributed by atoms with Crippen molar-refractivity contribution < 1.29 is 9.90 Å². The molecule has 8 nitrogen and oxygen atoms in total. The normalized spacial score (nSPS) is 17.9. The van der Waals surface area contributed by atoms with E-state index in [1.54, 1.807) is 12.4 Å². The van der Waals surface area contributed by atoms with Crippen molar-refractivity contribution in [1.82, 2.24) is 28.2 Å². The van der Waals surface area contributed by atoms with Gasteiger partial charge < -0.3 is 18.4 Å². The highest BCUT2D eigenvalue weighted by Crippen LogP contribution is 2.48. The van der Waals surface area contributed by atoms with E-state index in [0.29, 0.717) is 50.4 Å². The number of hydrogen-bond acceptors (Lipinski definition) is 6. The van der Waals surface area contributed by atoms with Crippen molar-refractivity contribution in [3.63, 3.8) is 0 Å². The van der Waals surface area contributed by atoms with Crippen LogP contribution in [0.4, 0.5) is 0 Å². The summed E-state index contributed by atoms with van der Waals surface area (Å²) < 4.78 is 6.16. The van der Waals surface area contributed by atoms with E-state index >= 15 is 0 Å². The lowest BCUT2D eigenvalue weighted by Gasteiger charge is -2.44. The van der Waals surface area contributed by atoms with E-state index in [0.717, 1.165) is 102 Å². The third kappa shape index (κ3) is 14.8. The second-order valence-electron chi connectivity index (χ2n) is 26.3. The molecule has 2 aliphatic rings. The SMILES string of the molecule is CC(C)[Si](C(C)C)(C(C)C)n1ccc2c(C(O)C3CC[C@@H](N(Cc4ccccc4)Cc4ccccc4)C3)c(Cl)cnc21.CC(C)[Si](C(C)C)(C(C)C)n1ccc2c(I)c(Cl)cnc21.O=CC1CC[C@@H](N(Cc2ccccc2)Cc2ccccc2)C1. The van der Waals surface area contributed by atoms with E-state index in [4.69, 9.17) is 28.2 Å². The Bertz CT molecular complexity index is 3230. The molecule has 0 spiro atoms. The third-order valence-electron chi connectivity index (χ3n) is 19.5. The van der Waals surface area contributed by atoms with Crippen LogP contribution in [0, 0.1) is 15.4 Å². The molecule has 13 heteroatoms. The first kappa shape index (κ1) is 66.5. The molecule has 1 N–H and O–H groups in total. The zero-order valence-electron chi connectivity index (χ0n) is 52.7. The molecule has 2 saturated carbocycles. The lowest BCUT2D eigenvalue weighted by Crippen LogP contribution is -2.51. The summed E-state index contributed by atoms with van der Waals surface area (Å²) in [5, 5.41) is 15.5. The van der Waals surface area contributed by atoms with Crippen LogP contribution in [0.15, 0.2) is 158 Å². The van der Waals surface area contributed by atoms with Crippen LogP contribution >= 0.6 is 45.8 Å². The summed E-state index contributed by atoms with van der Waals surface area (Å²) in [5.41, 5.74) is 11.9. The summed E-state index contributed by atoms with van der Waals surface area (Å²) in [6, 6.07) is 48.0. The van der Waals surface area contributed by atoms with Gasteiger partial charge in [-0.1, -0.05) is 228 Å². The van der Waals surface area contributed by atoms with Crippen molar-refractivity contribution in [3.05, 3.63) is 200 Å². The number of halogens is 3. The third-order valence-corrected chi connectivity index (χ3v) is 35.0. The highest BCUT2D eigenvalue weighted by atomic mass is 127. The van der Waals surface area contributed by atoms with E-state index < -0.39 is 22.6 Å². The Balaban J connectivity index is 0.000000183. The standard InChI is InChI=1S/C36H48ClN3OSi.C20H23NO.C16H24ClIN2Si/c1-25(2)42(26(3)4,27(5)6)40-20-19-32-34(33(37)22-38-36(32)40)35(41)30-17-18-31(21-30)39(23-28-13-9-7-10-14-28)24-29-15-11-8-12-16-29;22-16-19-11-12-20(13-19)21(14-17-7-3-1-4-8-17)15-18-9-5-2-6-10-18;1-10(2)21(11(3)4,12(5)6)20-8-7-13-15(18)14(17)9-19-16(13)20/h7-16,19-20,22,25-27,30-31,35,41H,17-18,21,23-24H2,1-6H3;1-10,16,19-20H,11-15H2;7-12H,1-6H3/t30?,31-,35?;19?,20-;/m11./s1. The number of carbonyl (C=O) groups excluding carboxylic acids is 1. The minimum absolute atomic E-state index is 0.151. The molecule has 0 saturated heterocycles. The van der Waals surface area contributed by atoms with E-state index in [1.165, 1.54) is 27.6 Å². The molecule has 0 amide bonds. The molecule has 4 heterocycles. The first-order chi connectivity index (χ1) is 40.7. The van der Waals surface area contributed by atoms with Gasteiger partial charge in [0.2, 0.25) is 0 Å². The molecule has 0 bridgehead atoms. The predicted octanol–water partition coefficient (Wildman–Crippen LogP) is 20.0. The summed E-state index contributed by atoms with van der Waals surface area (Å²) in [6.45, 7) is 32.2. The van der Waals surface area contributed by atoms with Crippen LogP contribution in [0.25, 0.3) is 22.1 Å². The van der Waals surface area contributed by atoms with Crippen molar-refractivity contribution in [2.75, 3.05) is 0 Å². The molecule has 4 aromatic carbocycles. The smallest absolute Gasteiger partial charge is 0.171 e. The number of hydrogen-bond donors (Lipinski definition) is 1. The Morgan fingerprint density at radius 2 is 0.871 bits per heavy atom.